The maximum atomic E-state index is 12.7. The van der Waals surface area contributed by atoms with E-state index in [1.165, 1.54) is 6.42 Å². The average Bonchev–Trinajstić information content (AvgIpc) is 3.08. The molecule has 0 unspecified atom stereocenters. The zero-order valence-corrected chi connectivity index (χ0v) is 15.2. The number of rotatable bonds is 2. The van der Waals surface area contributed by atoms with E-state index in [0.29, 0.717) is 18.5 Å². The first-order valence-electron chi connectivity index (χ1n) is 9.27. The van der Waals surface area contributed by atoms with Gasteiger partial charge in [0.2, 0.25) is 5.95 Å². The monoisotopic (exact) mass is 339 g/mol. The molecule has 3 heterocycles. The van der Waals surface area contributed by atoms with E-state index in [1.807, 2.05) is 19.1 Å². The summed E-state index contributed by atoms with van der Waals surface area (Å²) in [6.45, 7) is 6.42. The van der Waals surface area contributed by atoms with Crippen LogP contribution in [-0.2, 0) is 6.42 Å². The van der Waals surface area contributed by atoms with Crippen molar-refractivity contribution in [2.45, 2.75) is 70.9 Å². The molecule has 4 rings (SSSR count). The molecule has 0 amide bonds. The molecule has 2 aliphatic rings. The number of hydrogen-bond donors (Lipinski definition) is 0. The van der Waals surface area contributed by atoms with Gasteiger partial charge < -0.3 is 9.32 Å². The van der Waals surface area contributed by atoms with Crippen LogP contribution in [0.4, 0.5) is 5.95 Å². The van der Waals surface area contributed by atoms with Crippen LogP contribution in [0.5, 0.6) is 0 Å². The minimum Gasteiger partial charge on any atom is -0.469 e. The fraction of sp³-hybridized carbons (Fsp3) is 0.550. The van der Waals surface area contributed by atoms with Crippen molar-refractivity contribution in [2.75, 3.05) is 4.90 Å². The molecule has 1 aliphatic carbocycles. The SMILES string of the molecule is Cc1nc(N2[C@H](C)CCC[C@H]2C)nc2c1C(=O)C[C@@H](c1ccco1)C2. The van der Waals surface area contributed by atoms with Crippen molar-refractivity contribution < 1.29 is 9.21 Å². The third kappa shape index (κ3) is 2.86. The van der Waals surface area contributed by atoms with Gasteiger partial charge in [0.25, 0.3) is 0 Å². The van der Waals surface area contributed by atoms with E-state index in [9.17, 15) is 4.79 Å². The van der Waals surface area contributed by atoms with Gasteiger partial charge in [-0.05, 0) is 52.2 Å². The molecule has 5 heteroatoms. The summed E-state index contributed by atoms with van der Waals surface area (Å²) in [5.74, 6) is 1.86. The second-order valence-corrected chi connectivity index (χ2v) is 7.51. The normalized spacial score (nSPS) is 26.6. The fourth-order valence-electron chi connectivity index (χ4n) is 4.41. The Hall–Kier alpha value is -2.17. The molecular weight excluding hydrogens is 314 g/mol. The summed E-state index contributed by atoms with van der Waals surface area (Å²) < 4.78 is 5.54. The van der Waals surface area contributed by atoms with Gasteiger partial charge in [0.1, 0.15) is 5.76 Å². The number of aryl methyl sites for hydroxylation is 1. The van der Waals surface area contributed by atoms with Crippen LogP contribution in [-0.4, -0.2) is 27.8 Å². The molecule has 1 aliphatic heterocycles. The van der Waals surface area contributed by atoms with Gasteiger partial charge in [-0.1, -0.05) is 0 Å². The topological polar surface area (TPSA) is 59.2 Å². The number of nitrogens with zero attached hydrogens (tertiary/aromatic N) is 3. The molecule has 3 atom stereocenters. The van der Waals surface area contributed by atoms with Crippen LogP contribution in [0.15, 0.2) is 22.8 Å². The number of ketones is 1. The van der Waals surface area contributed by atoms with Gasteiger partial charge in [-0.25, -0.2) is 9.97 Å². The van der Waals surface area contributed by atoms with Crippen LogP contribution in [0, 0.1) is 6.92 Å². The smallest absolute Gasteiger partial charge is 0.226 e. The molecule has 2 aromatic rings. The van der Waals surface area contributed by atoms with Crippen molar-refractivity contribution in [2.24, 2.45) is 0 Å². The Balaban J connectivity index is 1.73. The molecule has 0 aromatic carbocycles. The molecule has 0 bridgehead atoms. The van der Waals surface area contributed by atoms with Crippen molar-refractivity contribution in [1.82, 2.24) is 9.97 Å². The Morgan fingerprint density at radius 3 is 2.60 bits per heavy atom. The lowest BCUT2D eigenvalue weighted by Gasteiger charge is -2.39. The Kier molecular flexibility index (Phi) is 4.10. The van der Waals surface area contributed by atoms with Crippen LogP contribution < -0.4 is 4.90 Å². The predicted octanol–water partition coefficient (Wildman–Crippen LogP) is 4.06. The number of piperidine rings is 1. The molecule has 1 saturated heterocycles. The van der Waals surface area contributed by atoms with E-state index < -0.39 is 0 Å². The maximum absolute atomic E-state index is 12.7. The van der Waals surface area contributed by atoms with Gasteiger partial charge >= 0.3 is 0 Å². The van der Waals surface area contributed by atoms with Crippen LogP contribution in [0.2, 0.25) is 0 Å². The standard InChI is InChI=1S/C20H25N3O2/c1-12-6-4-7-13(2)23(12)20-21-14(3)19-16(22-20)10-15(11-17(19)24)18-8-5-9-25-18/h5,8-9,12-13,15H,4,6-7,10-11H2,1-3H3/t12-,13-,15+/m1/s1. The highest BCUT2D eigenvalue weighted by Crippen LogP contribution is 2.35. The number of carbonyl (C=O) groups excluding carboxylic acids is 1. The fourth-order valence-corrected chi connectivity index (χ4v) is 4.41. The summed E-state index contributed by atoms with van der Waals surface area (Å²) in [7, 11) is 0. The van der Waals surface area contributed by atoms with Gasteiger partial charge in [0.15, 0.2) is 5.78 Å². The molecule has 25 heavy (non-hydrogen) atoms. The molecule has 0 saturated carbocycles. The number of furan rings is 1. The number of Topliss-reactive ketones (excluding diaryl/α,β-unsaturated/α-hetero) is 1. The third-order valence-electron chi connectivity index (χ3n) is 5.67. The molecule has 132 valence electrons. The first-order valence-corrected chi connectivity index (χ1v) is 9.27. The number of hydrogen-bond acceptors (Lipinski definition) is 5. The quantitative estimate of drug-likeness (QED) is 0.826. The van der Waals surface area contributed by atoms with Crippen molar-refractivity contribution in [3.8, 4) is 0 Å². The summed E-state index contributed by atoms with van der Waals surface area (Å²) in [6, 6.07) is 4.69. The Morgan fingerprint density at radius 1 is 1.16 bits per heavy atom. The van der Waals surface area contributed by atoms with Crippen LogP contribution in [0.1, 0.15) is 73.0 Å². The summed E-state index contributed by atoms with van der Waals surface area (Å²) in [5.41, 5.74) is 2.42. The average molecular weight is 339 g/mol. The largest absolute Gasteiger partial charge is 0.469 e. The molecule has 0 N–H and O–H groups in total. The van der Waals surface area contributed by atoms with Gasteiger partial charge in [0, 0.05) is 30.8 Å². The number of aromatic nitrogens is 2. The minimum absolute atomic E-state index is 0.0772. The molecule has 5 nitrogen and oxygen atoms in total. The Morgan fingerprint density at radius 2 is 1.92 bits per heavy atom. The molecular formula is C20H25N3O2. The molecule has 0 radical (unpaired) electrons. The number of fused-ring (bicyclic) bond motifs is 1. The van der Waals surface area contributed by atoms with Crippen LogP contribution >= 0.6 is 0 Å². The van der Waals surface area contributed by atoms with E-state index in [4.69, 9.17) is 14.4 Å². The van der Waals surface area contributed by atoms with Crippen LogP contribution in [0.25, 0.3) is 0 Å². The van der Waals surface area contributed by atoms with E-state index >= 15 is 0 Å². The molecule has 2 aromatic heterocycles. The highest BCUT2D eigenvalue weighted by atomic mass is 16.3. The maximum Gasteiger partial charge on any atom is 0.226 e. The number of anilines is 1. The van der Waals surface area contributed by atoms with E-state index in [-0.39, 0.29) is 11.7 Å². The van der Waals surface area contributed by atoms with Gasteiger partial charge in [-0.2, -0.15) is 0 Å². The first kappa shape index (κ1) is 16.3. The van der Waals surface area contributed by atoms with Crippen LogP contribution in [0.3, 0.4) is 0 Å². The van der Waals surface area contributed by atoms with E-state index in [0.717, 1.165) is 47.9 Å². The van der Waals surface area contributed by atoms with E-state index in [1.54, 1.807) is 6.26 Å². The lowest BCUT2D eigenvalue weighted by molar-refractivity contribution is 0.0958. The lowest BCUT2D eigenvalue weighted by Crippen LogP contribution is -2.45. The summed E-state index contributed by atoms with van der Waals surface area (Å²) in [5, 5.41) is 0. The second kappa shape index (κ2) is 6.28. The molecule has 0 spiro atoms. The first-order chi connectivity index (χ1) is 12.0. The molecule has 1 fully saturated rings. The van der Waals surface area contributed by atoms with Gasteiger partial charge in [0.05, 0.1) is 23.2 Å². The van der Waals surface area contributed by atoms with Crippen molar-refractivity contribution in [3.63, 3.8) is 0 Å². The summed E-state index contributed by atoms with van der Waals surface area (Å²) in [6.07, 6.45) is 6.46. The Labute approximate surface area is 148 Å². The zero-order chi connectivity index (χ0) is 17.6. The highest BCUT2D eigenvalue weighted by molar-refractivity contribution is 5.99. The van der Waals surface area contributed by atoms with Gasteiger partial charge in [-0.15, -0.1) is 0 Å². The predicted molar refractivity (Wildman–Crippen MR) is 96.1 cm³/mol. The Bertz CT molecular complexity index is 774. The highest BCUT2D eigenvalue weighted by Gasteiger charge is 2.33. The number of carbonyl (C=O) groups is 1. The van der Waals surface area contributed by atoms with Gasteiger partial charge in [-0.3, -0.25) is 4.79 Å². The van der Waals surface area contributed by atoms with Crippen molar-refractivity contribution >= 4 is 11.7 Å². The second-order valence-electron chi connectivity index (χ2n) is 7.51. The lowest BCUT2D eigenvalue weighted by atomic mass is 9.84. The minimum atomic E-state index is 0.0772. The van der Waals surface area contributed by atoms with E-state index in [2.05, 4.69) is 18.7 Å². The zero-order valence-electron chi connectivity index (χ0n) is 15.2. The third-order valence-corrected chi connectivity index (χ3v) is 5.67. The summed E-state index contributed by atoms with van der Waals surface area (Å²) >= 11 is 0. The van der Waals surface area contributed by atoms with Crippen molar-refractivity contribution in [3.05, 3.63) is 41.1 Å². The summed E-state index contributed by atoms with van der Waals surface area (Å²) in [4.78, 5) is 24.6. The van der Waals surface area contributed by atoms with Crippen molar-refractivity contribution in [1.29, 1.82) is 0 Å².